The highest BCUT2D eigenvalue weighted by molar-refractivity contribution is 5.91. The molecule has 0 amide bonds. The predicted molar refractivity (Wildman–Crippen MR) is 211 cm³/mol. The number of rotatable bonds is 10. The van der Waals surface area contributed by atoms with Gasteiger partial charge in [-0.15, -0.1) is 0 Å². The molecular formula is C42H52N4O10. The van der Waals surface area contributed by atoms with E-state index in [0.29, 0.717) is 45.0 Å². The maximum Gasteiger partial charge on any atom is 0.331 e. The highest BCUT2D eigenvalue weighted by Crippen LogP contribution is 2.50. The molecule has 4 bridgehead atoms. The Kier molecular flexibility index (Phi) is 14.0. The molecule has 2 aromatic rings. The van der Waals surface area contributed by atoms with Crippen LogP contribution >= 0.6 is 0 Å². The number of hydrogen-bond donors (Lipinski definition) is 6. The monoisotopic (exact) mass is 772 g/mol. The molecule has 2 heterocycles. The van der Waals surface area contributed by atoms with E-state index in [0.717, 1.165) is 0 Å². The molecule has 14 nitrogen and oxygen atoms in total. The molecule has 1 saturated carbocycles. The number of esters is 4. The van der Waals surface area contributed by atoms with Gasteiger partial charge < -0.3 is 50.4 Å². The molecular weight excluding hydrogens is 720 g/mol. The van der Waals surface area contributed by atoms with E-state index in [1.54, 1.807) is 102 Å². The summed E-state index contributed by atoms with van der Waals surface area (Å²) in [7, 11) is 0. The Morgan fingerprint density at radius 2 is 0.839 bits per heavy atom. The molecule has 56 heavy (non-hydrogen) atoms. The lowest BCUT2D eigenvalue weighted by molar-refractivity contribution is -0.153. The highest BCUT2D eigenvalue weighted by Gasteiger charge is 2.52. The third kappa shape index (κ3) is 9.25. The number of ether oxygens (including phenoxy) is 4. The fourth-order valence-corrected chi connectivity index (χ4v) is 7.23. The molecule has 0 aromatic heterocycles. The first-order chi connectivity index (χ1) is 26.9. The molecule has 14 heteroatoms. The van der Waals surface area contributed by atoms with Crippen LogP contribution in [0.2, 0.25) is 0 Å². The van der Waals surface area contributed by atoms with Gasteiger partial charge >= 0.3 is 23.9 Å². The average Bonchev–Trinajstić information content (AvgIpc) is 3.20. The van der Waals surface area contributed by atoms with Gasteiger partial charge in [-0.05, 0) is 100 Å². The molecule has 3 aliphatic rings. The summed E-state index contributed by atoms with van der Waals surface area (Å²) < 4.78 is 21.3. The Morgan fingerprint density at radius 1 is 0.518 bits per heavy atom. The summed E-state index contributed by atoms with van der Waals surface area (Å²) >= 11 is 0. The molecule has 1 fully saturated rings. The molecule has 1 aliphatic carbocycles. The van der Waals surface area contributed by atoms with Crippen LogP contribution in [0.3, 0.4) is 0 Å². The summed E-state index contributed by atoms with van der Waals surface area (Å²) in [6.45, 7) is 10.6. The molecule has 0 spiro atoms. The van der Waals surface area contributed by atoms with Crippen LogP contribution in [0.4, 0.5) is 11.4 Å². The smallest absolute Gasteiger partial charge is 0.331 e. The molecule has 0 radical (unpaired) electrons. The van der Waals surface area contributed by atoms with Gasteiger partial charge in [-0.1, -0.05) is 36.4 Å². The van der Waals surface area contributed by atoms with Crippen LogP contribution in [0.25, 0.3) is 11.1 Å². The predicted octanol–water partition coefficient (Wildman–Crippen LogP) is 3.69. The van der Waals surface area contributed by atoms with Crippen molar-refractivity contribution in [2.24, 2.45) is 11.8 Å². The van der Waals surface area contributed by atoms with Crippen molar-refractivity contribution in [3.63, 3.8) is 0 Å². The van der Waals surface area contributed by atoms with E-state index in [4.69, 9.17) is 18.9 Å². The Morgan fingerprint density at radius 3 is 1.16 bits per heavy atom. The van der Waals surface area contributed by atoms with Gasteiger partial charge in [0.25, 0.3) is 0 Å². The van der Waals surface area contributed by atoms with E-state index in [9.17, 15) is 29.4 Å². The zero-order valence-electron chi connectivity index (χ0n) is 32.5. The van der Waals surface area contributed by atoms with Crippen LogP contribution in [-0.2, 0) is 38.1 Å². The standard InChI is InChI=1S/C42H52N4O10/c1-7-53-39(49)33-35(41(51)55-9-3)45-27-15-11-13-25(21-27)29(19-17-23(5)43-33)31-37(47)32(38(31)48)30-20-18-24(6)44-34(40(50)54-8-2)36(42(52)56-10-4)46-28-16-12-14-26(30)22-28/h11-22,31-38,43-48H,7-10H2,1-6H3/b23-17+,24-18+,29-19+,30-20+. The van der Waals surface area contributed by atoms with E-state index in [1.165, 1.54) is 0 Å². The van der Waals surface area contributed by atoms with Crippen molar-refractivity contribution in [2.45, 2.75) is 77.9 Å². The van der Waals surface area contributed by atoms with Gasteiger partial charge in [-0.25, -0.2) is 19.2 Å². The second-order valence-electron chi connectivity index (χ2n) is 13.6. The summed E-state index contributed by atoms with van der Waals surface area (Å²) in [6.07, 6.45) is 4.91. The van der Waals surface area contributed by atoms with E-state index in [2.05, 4.69) is 21.3 Å². The first-order valence-electron chi connectivity index (χ1n) is 19.0. The molecule has 5 rings (SSSR count). The Balaban J connectivity index is 1.53. The van der Waals surface area contributed by atoms with E-state index >= 15 is 0 Å². The van der Waals surface area contributed by atoms with E-state index < -0.39 is 72.1 Å². The quantitative estimate of drug-likeness (QED) is 0.151. The molecule has 4 unspecified atom stereocenters. The molecule has 2 aliphatic heterocycles. The number of aliphatic hydroxyl groups is 2. The van der Waals surface area contributed by atoms with Crippen LogP contribution in [-0.4, -0.2) is 96.9 Å². The van der Waals surface area contributed by atoms with Crippen LogP contribution in [0, 0.1) is 11.8 Å². The lowest BCUT2D eigenvalue weighted by Gasteiger charge is -2.49. The molecule has 6 N–H and O–H groups in total. The maximum absolute atomic E-state index is 13.2. The minimum absolute atomic E-state index is 0.108. The lowest BCUT2D eigenvalue weighted by atomic mass is 9.60. The van der Waals surface area contributed by atoms with Crippen molar-refractivity contribution in [3.8, 4) is 0 Å². The van der Waals surface area contributed by atoms with Crippen molar-refractivity contribution >= 4 is 46.4 Å². The Labute approximate surface area is 327 Å². The van der Waals surface area contributed by atoms with E-state index in [1.807, 2.05) is 12.1 Å². The van der Waals surface area contributed by atoms with Gasteiger partial charge in [-0.3, -0.25) is 0 Å². The van der Waals surface area contributed by atoms with Crippen molar-refractivity contribution in [1.82, 2.24) is 10.6 Å². The second kappa shape index (κ2) is 18.8. The maximum atomic E-state index is 13.2. The minimum atomic E-state index is -1.14. The van der Waals surface area contributed by atoms with Crippen molar-refractivity contribution in [3.05, 3.63) is 95.4 Å². The van der Waals surface area contributed by atoms with Crippen LogP contribution in [0.5, 0.6) is 0 Å². The van der Waals surface area contributed by atoms with Gasteiger partial charge in [0.15, 0.2) is 24.2 Å². The van der Waals surface area contributed by atoms with Crippen LogP contribution in [0.1, 0.15) is 52.7 Å². The number of allylic oxidation sites excluding steroid dienone is 6. The number of fused-ring (bicyclic) bond motifs is 4. The van der Waals surface area contributed by atoms with Crippen molar-refractivity contribution in [2.75, 3.05) is 37.1 Å². The molecule has 4 atom stereocenters. The molecule has 0 saturated heterocycles. The number of anilines is 2. The third-order valence-corrected chi connectivity index (χ3v) is 9.85. The van der Waals surface area contributed by atoms with Gasteiger partial charge in [0, 0.05) is 34.6 Å². The van der Waals surface area contributed by atoms with Gasteiger partial charge in [0.2, 0.25) is 0 Å². The Hall–Kier alpha value is -5.60. The summed E-state index contributed by atoms with van der Waals surface area (Å²) in [5, 5.41) is 36.6. The van der Waals surface area contributed by atoms with Crippen LogP contribution in [0.15, 0.2) is 84.2 Å². The zero-order valence-corrected chi connectivity index (χ0v) is 32.5. The summed E-state index contributed by atoms with van der Waals surface area (Å²) in [4.78, 5) is 52.8. The fourth-order valence-electron chi connectivity index (χ4n) is 7.23. The van der Waals surface area contributed by atoms with Crippen LogP contribution < -0.4 is 21.3 Å². The largest absolute Gasteiger partial charge is 0.464 e. The molecule has 300 valence electrons. The first-order valence-corrected chi connectivity index (χ1v) is 19.0. The number of carbonyl (C=O) groups excluding carboxylic acids is 4. The lowest BCUT2D eigenvalue weighted by Crippen LogP contribution is -2.56. The zero-order chi connectivity index (χ0) is 40.5. The Bertz CT molecular complexity index is 1760. The second-order valence-corrected chi connectivity index (χ2v) is 13.6. The number of benzene rings is 2. The first kappa shape index (κ1) is 41.6. The van der Waals surface area contributed by atoms with Crippen molar-refractivity contribution in [1.29, 1.82) is 0 Å². The SMILES string of the molecule is CCOC(=O)C1N/C(C)=C/C=C(/C2C(O)C(/C3=C/C=C(\C)NC(C(=O)OCC)C(C(=O)OCC)Nc4cccc3c4)C2O)c2cccc(c2)NC1C(=O)OCC. The number of aliphatic hydroxyl groups excluding tert-OH is 2. The summed E-state index contributed by atoms with van der Waals surface area (Å²) in [6, 6.07) is 9.80. The summed E-state index contributed by atoms with van der Waals surface area (Å²) in [5.74, 6) is -4.05. The normalized spacial score (nSPS) is 29.7. The minimum Gasteiger partial charge on any atom is -0.464 e. The van der Waals surface area contributed by atoms with Gasteiger partial charge in [0.05, 0.1) is 38.6 Å². The van der Waals surface area contributed by atoms with Gasteiger partial charge in [0.1, 0.15) is 0 Å². The van der Waals surface area contributed by atoms with Gasteiger partial charge in [-0.2, -0.15) is 0 Å². The average molecular weight is 773 g/mol. The number of carbonyl (C=O) groups is 4. The number of nitrogens with one attached hydrogen (secondary N) is 4. The molecule has 2 aromatic carbocycles. The highest BCUT2D eigenvalue weighted by atomic mass is 16.5. The van der Waals surface area contributed by atoms with E-state index in [-0.39, 0.29) is 26.4 Å². The number of hydrogen-bond acceptors (Lipinski definition) is 14. The fraction of sp³-hybridized carbons (Fsp3) is 0.429. The van der Waals surface area contributed by atoms with Crippen molar-refractivity contribution < 1.29 is 48.3 Å². The topological polar surface area (TPSA) is 194 Å². The third-order valence-electron chi connectivity index (χ3n) is 9.85. The summed E-state index contributed by atoms with van der Waals surface area (Å²) in [5.41, 5.74) is 4.67.